The molecule has 1 aliphatic carbocycles. The van der Waals surface area contributed by atoms with Crippen LogP contribution in [0, 0.1) is 0 Å². The summed E-state index contributed by atoms with van der Waals surface area (Å²) < 4.78 is 0. The van der Waals surface area contributed by atoms with Crippen LogP contribution >= 0.6 is 23.1 Å². The van der Waals surface area contributed by atoms with Crippen molar-refractivity contribution in [3.63, 3.8) is 0 Å². The topological polar surface area (TPSA) is 66.1 Å². The van der Waals surface area contributed by atoms with Crippen molar-refractivity contribution >= 4 is 39.2 Å². The highest BCUT2D eigenvalue weighted by atomic mass is 32.2. The fourth-order valence-corrected chi connectivity index (χ4v) is 6.38. The van der Waals surface area contributed by atoms with Crippen molar-refractivity contribution in [2.75, 3.05) is 5.75 Å². The van der Waals surface area contributed by atoms with Crippen LogP contribution in [-0.4, -0.2) is 38.6 Å². The van der Waals surface area contributed by atoms with Gasteiger partial charge >= 0.3 is 0 Å². The third-order valence-electron chi connectivity index (χ3n) is 5.62. The maximum Gasteiger partial charge on any atom is 0.260 e. The summed E-state index contributed by atoms with van der Waals surface area (Å²) in [6.45, 7) is 4.25. The van der Waals surface area contributed by atoms with E-state index in [9.17, 15) is 9.59 Å². The van der Waals surface area contributed by atoms with Crippen LogP contribution in [0.4, 0.5) is 0 Å². The van der Waals surface area contributed by atoms with Crippen LogP contribution in [0.2, 0.25) is 0 Å². The van der Waals surface area contributed by atoms with E-state index < -0.39 is 0 Å². The van der Waals surface area contributed by atoms with Gasteiger partial charge in [0.15, 0.2) is 5.16 Å². The van der Waals surface area contributed by atoms with Crippen molar-refractivity contribution in [1.82, 2.24) is 14.9 Å². The lowest BCUT2D eigenvalue weighted by atomic mass is 9.97. The minimum atomic E-state index is -0.0518. The first-order valence-corrected chi connectivity index (χ1v) is 11.3. The lowest BCUT2D eigenvalue weighted by Crippen LogP contribution is -2.48. The number of amides is 1. The number of fused-ring (bicyclic) bond motifs is 3. The molecule has 0 spiro atoms. The minimum Gasteiger partial charge on any atom is -0.337 e. The monoisotopic (exact) mass is 391 g/mol. The molecule has 2 aliphatic rings. The van der Waals surface area contributed by atoms with E-state index in [-0.39, 0.29) is 11.5 Å². The first kappa shape index (κ1) is 18.0. The number of H-pyrrole nitrogens is 1. The predicted octanol–water partition coefficient (Wildman–Crippen LogP) is 3.75. The number of hydrogen-bond donors (Lipinski definition) is 1. The number of piperidine rings is 1. The van der Waals surface area contributed by atoms with Crippen molar-refractivity contribution in [3.8, 4) is 0 Å². The predicted molar refractivity (Wildman–Crippen MR) is 107 cm³/mol. The lowest BCUT2D eigenvalue weighted by Gasteiger charge is -2.39. The minimum absolute atomic E-state index is 0.0518. The molecule has 3 heterocycles. The fraction of sp³-hybridized carbons (Fsp3) is 0.632. The van der Waals surface area contributed by atoms with E-state index in [1.165, 1.54) is 35.0 Å². The Hall–Kier alpha value is -1.34. The Labute approximate surface area is 161 Å². The summed E-state index contributed by atoms with van der Waals surface area (Å²) in [6.07, 6.45) is 7.71. The Bertz CT molecular complexity index is 879. The van der Waals surface area contributed by atoms with E-state index in [0.29, 0.717) is 23.0 Å². The molecule has 0 unspecified atom stereocenters. The van der Waals surface area contributed by atoms with E-state index in [1.807, 2.05) is 4.90 Å². The summed E-state index contributed by atoms with van der Waals surface area (Å²) in [5, 5.41) is 1.34. The number of nitrogens with zero attached hydrogens (tertiary/aromatic N) is 2. The molecule has 2 aromatic rings. The third kappa shape index (κ3) is 3.31. The summed E-state index contributed by atoms with van der Waals surface area (Å²) in [6, 6.07) is 0.593. The molecular weight excluding hydrogens is 366 g/mol. The smallest absolute Gasteiger partial charge is 0.260 e. The van der Waals surface area contributed by atoms with Crippen LogP contribution in [0.25, 0.3) is 10.2 Å². The number of thiophene rings is 1. The summed E-state index contributed by atoms with van der Waals surface area (Å²) in [5.74, 6) is 0.469. The molecule has 2 atom stereocenters. The molecule has 1 saturated heterocycles. The lowest BCUT2D eigenvalue weighted by molar-refractivity contribution is -0.134. The molecule has 1 fully saturated rings. The molecule has 140 valence electrons. The Kier molecular flexibility index (Phi) is 5.10. The van der Waals surface area contributed by atoms with Crippen molar-refractivity contribution in [2.24, 2.45) is 0 Å². The number of carbonyl (C=O) groups excluding carboxylic acids is 1. The van der Waals surface area contributed by atoms with Crippen molar-refractivity contribution in [3.05, 3.63) is 20.8 Å². The first-order valence-electron chi connectivity index (χ1n) is 9.53. The summed E-state index contributed by atoms with van der Waals surface area (Å²) in [5.41, 5.74) is 1.15. The van der Waals surface area contributed by atoms with E-state index in [2.05, 4.69) is 23.8 Å². The highest BCUT2D eigenvalue weighted by molar-refractivity contribution is 7.99. The molecule has 1 amide bonds. The molecule has 0 bridgehead atoms. The molecule has 4 rings (SSSR count). The van der Waals surface area contributed by atoms with Gasteiger partial charge in [-0.25, -0.2) is 4.98 Å². The van der Waals surface area contributed by atoms with E-state index in [0.717, 1.165) is 42.3 Å². The molecular formula is C19H25N3O2S2. The second-order valence-corrected chi connectivity index (χ2v) is 9.53. The number of nitrogens with one attached hydrogen (secondary N) is 1. The van der Waals surface area contributed by atoms with Crippen molar-refractivity contribution < 1.29 is 4.79 Å². The zero-order chi connectivity index (χ0) is 18.3. The largest absolute Gasteiger partial charge is 0.337 e. The van der Waals surface area contributed by atoms with Crippen LogP contribution in [0.1, 0.15) is 56.4 Å². The van der Waals surface area contributed by atoms with Crippen LogP contribution in [-0.2, 0) is 17.6 Å². The second-order valence-electron chi connectivity index (χ2n) is 7.48. The van der Waals surface area contributed by atoms with Gasteiger partial charge in [-0.1, -0.05) is 11.8 Å². The summed E-state index contributed by atoms with van der Waals surface area (Å²) in [7, 11) is 0. The number of carbonyl (C=O) groups is 1. The van der Waals surface area contributed by atoms with Crippen LogP contribution in [0.3, 0.4) is 0 Å². The van der Waals surface area contributed by atoms with Crippen LogP contribution in [0.5, 0.6) is 0 Å². The molecule has 26 heavy (non-hydrogen) atoms. The molecule has 1 N–H and O–H groups in total. The Morgan fingerprint density at radius 1 is 1.23 bits per heavy atom. The standard InChI is InChI=1S/C19H25N3O2S2/c1-11-6-5-7-12(2)22(11)15(23)10-25-19-20-17(24)16-13-8-3-4-9-14(13)26-18(16)21-19/h11-12H,3-10H2,1-2H3,(H,20,21,24)/t11-,12+. The zero-order valence-electron chi connectivity index (χ0n) is 15.3. The van der Waals surface area contributed by atoms with E-state index >= 15 is 0 Å². The Morgan fingerprint density at radius 2 is 1.96 bits per heavy atom. The average Bonchev–Trinajstić information content (AvgIpc) is 2.98. The SMILES string of the molecule is C[C@@H]1CCC[C@H](C)N1C(=O)CSc1nc2sc3c(c2c(=O)[nH]1)CCCC3. The van der Waals surface area contributed by atoms with Crippen molar-refractivity contribution in [2.45, 2.75) is 76.0 Å². The highest BCUT2D eigenvalue weighted by Crippen LogP contribution is 2.34. The Balaban J connectivity index is 1.52. The van der Waals surface area contributed by atoms with Gasteiger partial charge in [-0.15, -0.1) is 11.3 Å². The molecule has 5 nitrogen and oxygen atoms in total. The van der Waals surface area contributed by atoms with E-state index in [4.69, 9.17) is 0 Å². The molecule has 0 radical (unpaired) electrons. The molecule has 1 aliphatic heterocycles. The van der Waals surface area contributed by atoms with Gasteiger partial charge in [-0.05, 0) is 64.4 Å². The maximum atomic E-state index is 12.7. The van der Waals surface area contributed by atoms with Crippen LogP contribution in [0.15, 0.2) is 9.95 Å². The molecule has 0 saturated carbocycles. The normalized spacial score (nSPS) is 23.2. The summed E-state index contributed by atoms with van der Waals surface area (Å²) in [4.78, 5) is 37.0. The molecule has 7 heteroatoms. The average molecular weight is 392 g/mol. The van der Waals surface area contributed by atoms with Crippen molar-refractivity contribution in [1.29, 1.82) is 0 Å². The third-order valence-corrected chi connectivity index (χ3v) is 7.66. The number of rotatable bonds is 3. The summed E-state index contributed by atoms with van der Waals surface area (Å²) >= 11 is 3.00. The van der Waals surface area contributed by atoms with Crippen LogP contribution < -0.4 is 5.56 Å². The van der Waals surface area contributed by atoms with Gasteiger partial charge in [0.1, 0.15) is 4.83 Å². The number of aromatic amines is 1. The van der Waals surface area contributed by atoms with Gasteiger partial charge in [0, 0.05) is 17.0 Å². The number of aromatic nitrogens is 2. The van der Waals surface area contributed by atoms with Gasteiger partial charge < -0.3 is 9.88 Å². The fourth-order valence-electron chi connectivity index (χ4n) is 4.33. The first-order chi connectivity index (χ1) is 12.5. The van der Waals surface area contributed by atoms with Gasteiger partial charge in [-0.2, -0.15) is 0 Å². The number of thioether (sulfide) groups is 1. The number of hydrogen-bond acceptors (Lipinski definition) is 5. The second kappa shape index (κ2) is 7.35. The van der Waals surface area contributed by atoms with Gasteiger partial charge in [0.25, 0.3) is 5.56 Å². The maximum absolute atomic E-state index is 12.7. The molecule has 2 aromatic heterocycles. The van der Waals surface area contributed by atoms with Gasteiger partial charge in [0.2, 0.25) is 5.91 Å². The van der Waals surface area contributed by atoms with E-state index in [1.54, 1.807) is 11.3 Å². The number of likely N-dealkylation sites (tertiary alicyclic amines) is 1. The molecule has 0 aromatic carbocycles. The Morgan fingerprint density at radius 3 is 2.73 bits per heavy atom. The number of aryl methyl sites for hydroxylation is 2. The zero-order valence-corrected chi connectivity index (χ0v) is 17.0. The van der Waals surface area contributed by atoms with Gasteiger partial charge in [-0.3, -0.25) is 9.59 Å². The highest BCUT2D eigenvalue weighted by Gasteiger charge is 2.29. The quantitative estimate of drug-likeness (QED) is 0.639. The van der Waals surface area contributed by atoms with Gasteiger partial charge in [0.05, 0.1) is 11.1 Å².